The first-order chi connectivity index (χ1) is 17.0. The summed E-state index contributed by atoms with van der Waals surface area (Å²) in [6.07, 6.45) is 3.07. The fourth-order valence-electron chi connectivity index (χ4n) is 3.63. The van der Waals surface area contributed by atoms with E-state index in [0.29, 0.717) is 23.7 Å². The number of sulfonamides is 1. The number of amides is 2. The molecule has 11 heteroatoms. The van der Waals surface area contributed by atoms with Gasteiger partial charge in [0.15, 0.2) is 0 Å². The van der Waals surface area contributed by atoms with Crippen LogP contribution in [0.3, 0.4) is 0 Å². The van der Waals surface area contributed by atoms with Crippen LogP contribution in [-0.2, 0) is 26.2 Å². The van der Waals surface area contributed by atoms with E-state index in [2.05, 4.69) is 5.32 Å². The summed E-state index contributed by atoms with van der Waals surface area (Å²) in [5.74, 6) is -0.176. The molecule has 0 fully saturated rings. The molecule has 1 N–H and O–H groups in total. The monoisotopic (exact) mass is 557 g/mol. The Bertz CT molecular complexity index is 1140. The molecule has 36 heavy (non-hydrogen) atoms. The van der Waals surface area contributed by atoms with Gasteiger partial charge in [0.2, 0.25) is 21.8 Å². The van der Waals surface area contributed by atoms with Crippen LogP contribution in [0.4, 0.5) is 5.69 Å². The molecule has 0 aliphatic heterocycles. The van der Waals surface area contributed by atoms with Crippen molar-refractivity contribution < 1.29 is 22.7 Å². The predicted molar refractivity (Wildman–Crippen MR) is 144 cm³/mol. The highest BCUT2D eigenvalue weighted by atomic mass is 35.5. The van der Waals surface area contributed by atoms with Gasteiger partial charge in [0.1, 0.15) is 18.3 Å². The standard InChI is InChI=1S/C25H33Cl2N3O5S/c1-5-7-14-28-25(32)22(6-2)29(16-18-8-11-20(35-3)12-9-18)24(31)17-30(36(4,33)34)23-13-10-19(26)15-21(23)27/h8-13,15,22H,5-7,14,16-17H2,1-4H3,(H,28,32)/t22-/m0/s1. The average molecular weight is 559 g/mol. The van der Waals surface area contributed by atoms with Gasteiger partial charge in [-0.3, -0.25) is 13.9 Å². The summed E-state index contributed by atoms with van der Waals surface area (Å²) in [7, 11) is -2.34. The van der Waals surface area contributed by atoms with Gasteiger partial charge in [-0.2, -0.15) is 0 Å². The molecule has 0 bridgehead atoms. The van der Waals surface area contributed by atoms with E-state index < -0.39 is 28.5 Å². The van der Waals surface area contributed by atoms with Crippen LogP contribution in [0.25, 0.3) is 0 Å². The molecule has 0 aromatic heterocycles. The topological polar surface area (TPSA) is 96.0 Å². The molecule has 0 radical (unpaired) electrons. The first-order valence-corrected chi connectivity index (χ1v) is 14.2. The van der Waals surface area contributed by atoms with Crippen molar-refractivity contribution in [3.05, 3.63) is 58.1 Å². The Morgan fingerprint density at radius 2 is 1.75 bits per heavy atom. The van der Waals surface area contributed by atoms with E-state index >= 15 is 0 Å². The summed E-state index contributed by atoms with van der Waals surface area (Å²) in [5, 5.41) is 3.31. The van der Waals surface area contributed by atoms with E-state index in [4.69, 9.17) is 27.9 Å². The molecule has 0 unspecified atom stereocenters. The number of anilines is 1. The zero-order chi connectivity index (χ0) is 26.9. The quantitative estimate of drug-likeness (QED) is 0.366. The van der Waals surface area contributed by atoms with Crippen molar-refractivity contribution in [2.45, 2.75) is 45.7 Å². The number of carbonyl (C=O) groups is 2. The molecule has 1 atom stereocenters. The number of halogens is 2. The van der Waals surface area contributed by atoms with Crippen LogP contribution < -0.4 is 14.4 Å². The van der Waals surface area contributed by atoms with E-state index in [9.17, 15) is 18.0 Å². The van der Waals surface area contributed by atoms with Crippen LogP contribution in [0.15, 0.2) is 42.5 Å². The van der Waals surface area contributed by atoms with Crippen LogP contribution in [0.2, 0.25) is 10.0 Å². The SMILES string of the molecule is CCCCNC(=O)[C@H](CC)N(Cc1ccc(OC)cc1)C(=O)CN(c1ccc(Cl)cc1Cl)S(C)(=O)=O. The number of benzene rings is 2. The maximum Gasteiger partial charge on any atom is 0.244 e. The maximum absolute atomic E-state index is 13.7. The molecule has 0 heterocycles. The molecule has 0 aliphatic carbocycles. The average Bonchev–Trinajstić information content (AvgIpc) is 2.82. The molecule has 0 saturated carbocycles. The van der Waals surface area contributed by atoms with Crippen molar-refractivity contribution in [1.82, 2.24) is 10.2 Å². The summed E-state index contributed by atoms with van der Waals surface area (Å²) in [5.41, 5.74) is 0.890. The lowest BCUT2D eigenvalue weighted by molar-refractivity contribution is -0.140. The van der Waals surface area contributed by atoms with Gasteiger partial charge in [-0.1, -0.05) is 55.6 Å². The molecule has 2 aromatic rings. The summed E-state index contributed by atoms with van der Waals surface area (Å²) in [6, 6.07) is 10.7. The van der Waals surface area contributed by atoms with E-state index in [-0.39, 0.29) is 23.2 Å². The maximum atomic E-state index is 13.7. The van der Waals surface area contributed by atoms with Crippen molar-refractivity contribution >= 4 is 50.7 Å². The van der Waals surface area contributed by atoms with Crippen LogP contribution >= 0.6 is 23.2 Å². The highest BCUT2D eigenvalue weighted by Gasteiger charge is 2.32. The summed E-state index contributed by atoms with van der Waals surface area (Å²) >= 11 is 12.2. The summed E-state index contributed by atoms with van der Waals surface area (Å²) in [6.45, 7) is 3.89. The van der Waals surface area contributed by atoms with Crippen molar-refractivity contribution in [1.29, 1.82) is 0 Å². The number of unbranched alkanes of at least 4 members (excludes halogenated alkanes) is 1. The highest BCUT2D eigenvalue weighted by Crippen LogP contribution is 2.30. The summed E-state index contributed by atoms with van der Waals surface area (Å²) in [4.78, 5) is 28.1. The third-order valence-corrected chi connectivity index (χ3v) is 7.25. The molecule has 8 nitrogen and oxygen atoms in total. The molecule has 0 aliphatic rings. The van der Waals surface area contributed by atoms with E-state index in [0.717, 1.165) is 29.0 Å². The first-order valence-electron chi connectivity index (χ1n) is 11.6. The van der Waals surface area contributed by atoms with Crippen LogP contribution in [0.1, 0.15) is 38.7 Å². The fourth-order valence-corrected chi connectivity index (χ4v) is 5.05. The molecular weight excluding hydrogens is 525 g/mol. The minimum absolute atomic E-state index is 0.0896. The minimum Gasteiger partial charge on any atom is -0.497 e. The van der Waals surface area contributed by atoms with Gasteiger partial charge in [0, 0.05) is 18.1 Å². The minimum atomic E-state index is -3.89. The Labute approximate surface area is 223 Å². The number of carbonyl (C=O) groups excluding carboxylic acids is 2. The fraction of sp³-hybridized carbons (Fsp3) is 0.440. The molecule has 2 rings (SSSR count). The van der Waals surface area contributed by atoms with Crippen molar-refractivity contribution in [2.75, 3.05) is 30.8 Å². The van der Waals surface area contributed by atoms with E-state index in [1.165, 1.54) is 23.1 Å². The van der Waals surface area contributed by atoms with Gasteiger partial charge in [-0.05, 0) is 48.7 Å². The Kier molecular flexibility index (Phi) is 11.3. The number of hydrogen-bond donors (Lipinski definition) is 1. The molecule has 2 amide bonds. The van der Waals surface area contributed by atoms with Crippen molar-refractivity contribution in [2.24, 2.45) is 0 Å². The lowest BCUT2D eigenvalue weighted by Gasteiger charge is -2.33. The number of nitrogens with one attached hydrogen (secondary N) is 1. The molecular formula is C25H33Cl2N3O5S. The second-order valence-corrected chi connectivity index (χ2v) is 11.1. The van der Waals surface area contributed by atoms with Gasteiger partial charge in [-0.25, -0.2) is 8.42 Å². The lowest BCUT2D eigenvalue weighted by atomic mass is 10.1. The first kappa shape index (κ1) is 29.7. The number of methoxy groups -OCH3 is 1. The Balaban J connectivity index is 2.43. The van der Waals surface area contributed by atoms with Gasteiger partial charge in [0.25, 0.3) is 0 Å². The lowest BCUT2D eigenvalue weighted by Crippen LogP contribution is -2.52. The van der Waals surface area contributed by atoms with Gasteiger partial charge < -0.3 is 15.0 Å². The van der Waals surface area contributed by atoms with Gasteiger partial charge in [-0.15, -0.1) is 0 Å². The number of hydrogen-bond acceptors (Lipinski definition) is 5. The molecule has 0 spiro atoms. The zero-order valence-electron chi connectivity index (χ0n) is 21.0. The second-order valence-electron chi connectivity index (χ2n) is 8.30. The summed E-state index contributed by atoms with van der Waals surface area (Å²) < 4.78 is 31.5. The second kappa shape index (κ2) is 13.7. The normalized spacial score (nSPS) is 12.1. The smallest absolute Gasteiger partial charge is 0.244 e. The van der Waals surface area contributed by atoms with Crippen LogP contribution in [-0.4, -0.2) is 57.6 Å². The molecule has 2 aromatic carbocycles. The molecule has 198 valence electrons. The predicted octanol–water partition coefficient (Wildman–Crippen LogP) is 4.49. The van der Waals surface area contributed by atoms with Crippen LogP contribution in [0.5, 0.6) is 5.75 Å². The highest BCUT2D eigenvalue weighted by molar-refractivity contribution is 7.92. The van der Waals surface area contributed by atoms with Crippen molar-refractivity contribution in [3.63, 3.8) is 0 Å². The number of ether oxygens (including phenoxy) is 1. The third kappa shape index (κ3) is 8.28. The van der Waals surface area contributed by atoms with Gasteiger partial charge in [0.05, 0.1) is 24.1 Å². The van der Waals surface area contributed by atoms with Crippen LogP contribution in [0, 0.1) is 0 Å². The Morgan fingerprint density at radius 3 is 2.28 bits per heavy atom. The Hall–Kier alpha value is -2.49. The zero-order valence-corrected chi connectivity index (χ0v) is 23.3. The van der Waals surface area contributed by atoms with Crippen molar-refractivity contribution in [3.8, 4) is 5.75 Å². The Morgan fingerprint density at radius 1 is 1.08 bits per heavy atom. The van der Waals surface area contributed by atoms with E-state index in [1.54, 1.807) is 31.4 Å². The van der Waals surface area contributed by atoms with E-state index in [1.807, 2.05) is 13.8 Å². The van der Waals surface area contributed by atoms with Gasteiger partial charge >= 0.3 is 0 Å². The number of nitrogens with zero attached hydrogens (tertiary/aromatic N) is 2. The number of rotatable bonds is 13. The third-order valence-electron chi connectivity index (χ3n) is 5.59. The molecule has 0 saturated heterocycles. The largest absolute Gasteiger partial charge is 0.497 e.